The van der Waals surface area contributed by atoms with Crippen LogP contribution in [0, 0.1) is 12.7 Å². The smallest absolute Gasteiger partial charge is 0.133 e. The maximum absolute atomic E-state index is 13.0. The van der Waals surface area contributed by atoms with Crippen molar-refractivity contribution in [2.45, 2.75) is 13.5 Å². The summed E-state index contributed by atoms with van der Waals surface area (Å²) in [6.07, 6.45) is 0. The lowest BCUT2D eigenvalue weighted by atomic mass is 10.2. The molecule has 94 valence electrons. The Hall–Kier alpha value is -1.58. The molecule has 2 rings (SSSR count). The molecule has 1 N–H and O–H groups in total. The lowest BCUT2D eigenvalue weighted by Gasteiger charge is -2.12. The standard InChI is InChI=1S/C14H12ClFO2/c1-9-6-11(15)2-4-13(9)18-14-5-3-12(16)7-10(14)8-17/h2-7,17H,8H2,1H3. The van der Waals surface area contributed by atoms with Gasteiger partial charge in [-0.2, -0.15) is 0 Å². The molecule has 0 amide bonds. The van der Waals surface area contributed by atoms with Crippen LogP contribution in [0.15, 0.2) is 36.4 Å². The third-order valence-electron chi connectivity index (χ3n) is 2.55. The molecule has 0 atom stereocenters. The molecule has 0 heterocycles. The Morgan fingerprint density at radius 1 is 1.17 bits per heavy atom. The molecule has 0 aliphatic heterocycles. The van der Waals surface area contributed by atoms with Gasteiger partial charge < -0.3 is 9.84 Å². The molecule has 2 nitrogen and oxygen atoms in total. The summed E-state index contributed by atoms with van der Waals surface area (Å²) >= 11 is 5.85. The largest absolute Gasteiger partial charge is 0.457 e. The van der Waals surface area contributed by atoms with Crippen molar-refractivity contribution in [2.24, 2.45) is 0 Å². The zero-order chi connectivity index (χ0) is 13.1. The minimum atomic E-state index is -0.403. The van der Waals surface area contributed by atoms with Gasteiger partial charge in [-0.25, -0.2) is 4.39 Å². The highest BCUT2D eigenvalue weighted by atomic mass is 35.5. The predicted molar refractivity (Wildman–Crippen MR) is 68.6 cm³/mol. The van der Waals surface area contributed by atoms with Crippen LogP contribution < -0.4 is 4.74 Å². The summed E-state index contributed by atoms with van der Waals surface area (Å²) < 4.78 is 18.7. The van der Waals surface area contributed by atoms with Crippen molar-refractivity contribution in [3.63, 3.8) is 0 Å². The van der Waals surface area contributed by atoms with Gasteiger partial charge in [0.25, 0.3) is 0 Å². The van der Waals surface area contributed by atoms with Crippen LogP contribution in [-0.2, 0) is 6.61 Å². The van der Waals surface area contributed by atoms with Crippen LogP contribution in [0.1, 0.15) is 11.1 Å². The number of benzene rings is 2. The van der Waals surface area contributed by atoms with E-state index in [-0.39, 0.29) is 6.61 Å². The third-order valence-corrected chi connectivity index (χ3v) is 2.78. The molecule has 0 unspecified atom stereocenters. The minimum Gasteiger partial charge on any atom is -0.457 e. The molecule has 0 aromatic heterocycles. The van der Waals surface area contributed by atoms with Gasteiger partial charge in [0.2, 0.25) is 0 Å². The van der Waals surface area contributed by atoms with Crippen LogP contribution >= 0.6 is 11.6 Å². The minimum absolute atomic E-state index is 0.278. The van der Waals surface area contributed by atoms with Gasteiger partial charge in [0.05, 0.1) is 6.61 Å². The van der Waals surface area contributed by atoms with E-state index in [1.165, 1.54) is 18.2 Å². The average Bonchev–Trinajstić information content (AvgIpc) is 2.34. The quantitative estimate of drug-likeness (QED) is 0.907. The molecule has 0 saturated heterocycles. The number of halogens is 2. The maximum Gasteiger partial charge on any atom is 0.133 e. The number of aryl methyl sites for hydroxylation is 1. The van der Waals surface area contributed by atoms with Gasteiger partial charge in [0, 0.05) is 10.6 Å². The van der Waals surface area contributed by atoms with Crippen LogP contribution in [-0.4, -0.2) is 5.11 Å². The van der Waals surface area contributed by atoms with E-state index in [2.05, 4.69) is 0 Å². The van der Waals surface area contributed by atoms with Crippen molar-refractivity contribution in [1.82, 2.24) is 0 Å². The fraction of sp³-hybridized carbons (Fsp3) is 0.143. The Kier molecular flexibility index (Phi) is 3.84. The number of rotatable bonds is 3. The van der Waals surface area contributed by atoms with Crippen molar-refractivity contribution in [3.05, 3.63) is 58.4 Å². The van der Waals surface area contributed by atoms with Gasteiger partial charge in [-0.05, 0) is 48.9 Å². The summed E-state index contributed by atoms with van der Waals surface area (Å²) in [5.41, 5.74) is 1.28. The predicted octanol–water partition coefficient (Wildman–Crippen LogP) is 4.07. The van der Waals surface area contributed by atoms with E-state index in [0.717, 1.165) is 5.56 Å². The van der Waals surface area contributed by atoms with Crippen molar-refractivity contribution >= 4 is 11.6 Å². The Morgan fingerprint density at radius 3 is 2.56 bits per heavy atom. The van der Waals surface area contributed by atoms with Gasteiger partial charge in [-0.15, -0.1) is 0 Å². The monoisotopic (exact) mass is 266 g/mol. The Labute approximate surface area is 110 Å². The molecule has 0 fully saturated rings. The fourth-order valence-corrected chi connectivity index (χ4v) is 1.84. The third kappa shape index (κ3) is 2.81. The first-order valence-corrected chi connectivity index (χ1v) is 5.81. The molecule has 0 spiro atoms. The van der Waals surface area contributed by atoms with E-state index in [1.54, 1.807) is 18.2 Å². The topological polar surface area (TPSA) is 29.5 Å². The van der Waals surface area contributed by atoms with Gasteiger partial charge in [-0.3, -0.25) is 0 Å². The molecule has 0 aliphatic rings. The summed E-state index contributed by atoms with van der Waals surface area (Å²) in [7, 11) is 0. The fourth-order valence-electron chi connectivity index (χ4n) is 1.62. The molecule has 4 heteroatoms. The lowest BCUT2D eigenvalue weighted by molar-refractivity contribution is 0.275. The average molecular weight is 267 g/mol. The second-order valence-corrected chi connectivity index (χ2v) is 4.36. The Bertz CT molecular complexity index is 570. The molecule has 18 heavy (non-hydrogen) atoms. The van der Waals surface area contributed by atoms with E-state index in [9.17, 15) is 4.39 Å². The highest BCUT2D eigenvalue weighted by Gasteiger charge is 2.07. The second-order valence-electron chi connectivity index (χ2n) is 3.92. The normalized spacial score (nSPS) is 10.4. The second kappa shape index (κ2) is 5.38. The SMILES string of the molecule is Cc1cc(Cl)ccc1Oc1ccc(F)cc1CO. The van der Waals surface area contributed by atoms with E-state index >= 15 is 0 Å². The lowest BCUT2D eigenvalue weighted by Crippen LogP contribution is -1.94. The summed E-state index contributed by atoms with van der Waals surface area (Å²) in [5.74, 6) is 0.657. The van der Waals surface area contributed by atoms with E-state index in [0.29, 0.717) is 22.1 Å². The molecule has 0 saturated carbocycles. The Morgan fingerprint density at radius 2 is 1.89 bits per heavy atom. The summed E-state index contributed by atoms with van der Waals surface area (Å²) in [6.45, 7) is 1.59. The summed E-state index contributed by atoms with van der Waals surface area (Å²) in [5, 5.41) is 9.79. The molecule has 0 aliphatic carbocycles. The van der Waals surface area contributed by atoms with Crippen molar-refractivity contribution in [1.29, 1.82) is 0 Å². The molecule has 2 aromatic rings. The van der Waals surface area contributed by atoms with Gasteiger partial charge in [0.15, 0.2) is 0 Å². The number of hydrogen-bond acceptors (Lipinski definition) is 2. The van der Waals surface area contributed by atoms with E-state index < -0.39 is 5.82 Å². The molecule has 0 bridgehead atoms. The van der Waals surface area contributed by atoms with Crippen molar-refractivity contribution < 1.29 is 14.2 Å². The number of ether oxygens (including phenoxy) is 1. The Balaban J connectivity index is 2.33. The van der Waals surface area contributed by atoms with Crippen LogP contribution in [0.3, 0.4) is 0 Å². The molecule has 2 aromatic carbocycles. The van der Waals surface area contributed by atoms with E-state index in [1.807, 2.05) is 6.92 Å². The number of aliphatic hydroxyl groups excluding tert-OH is 1. The van der Waals surface area contributed by atoms with Crippen molar-refractivity contribution in [2.75, 3.05) is 0 Å². The zero-order valence-electron chi connectivity index (χ0n) is 9.78. The first-order chi connectivity index (χ1) is 8.60. The van der Waals surface area contributed by atoms with Crippen LogP contribution in [0.4, 0.5) is 4.39 Å². The first-order valence-electron chi connectivity index (χ1n) is 5.43. The van der Waals surface area contributed by atoms with Crippen LogP contribution in [0.2, 0.25) is 5.02 Å². The van der Waals surface area contributed by atoms with Crippen LogP contribution in [0.25, 0.3) is 0 Å². The summed E-state index contributed by atoms with van der Waals surface area (Å²) in [6, 6.07) is 9.27. The van der Waals surface area contributed by atoms with Gasteiger partial charge in [-0.1, -0.05) is 11.6 Å². The highest BCUT2D eigenvalue weighted by molar-refractivity contribution is 6.30. The zero-order valence-corrected chi connectivity index (χ0v) is 10.5. The highest BCUT2D eigenvalue weighted by Crippen LogP contribution is 2.30. The van der Waals surface area contributed by atoms with Crippen molar-refractivity contribution in [3.8, 4) is 11.5 Å². The van der Waals surface area contributed by atoms with Gasteiger partial charge >= 0.3 is 0 Å². The molecular weight excluding hydrogens is 255 g/mol. The molecule has 0 radical (unpaired) electrons. The van der Waals surface area contributed by atoms with Gasteiger partial charge in [0.1, 0.15) is 17.3 Å². The van der Waals surface area contributed by atoms with E-state index in [4.69, 9.17) is 21.4 Å². The number of hydrogen-bond donors (Lipinski definition) is 1. The first kappa shape index (κ1) is 12.9. The van der Waals surface area contributed by atoms with Crippen LogP contribution in [0.5, 0.6) is 11.5 Å². The summed E-state index contributed by atoms with van der Waals surface area (Å²) in [4.78, 5) is 0. The molecular formula is C14H12ClFO2. The number of aliphatic hydroxyl groups is 1. The maximum atomic E-state index is 13.0.